The molecule has 1 saturated heterocycles. The molecule has 0 amide bonds. The monoisotopic (exact) mass is 253 g/mol. The van der Waals surface area contributed by atoms with Crippen LogP contribution in [0.5, 0.6) is 0 Å². The van der Waals surface area contributed by atoms with E-state index >= 15 is 0 Å². The van der Waals surface area contributed by atoms with Crippen LogP contribution in [0.4, 0.5) is 0 Å². The van der Waals surface area contributed by atoms with Crippen LogP contribution in [0.3, 0.4) is 0 Å². The Balaban J connectivity index is 1.91. The Hall–Kier alpha value is -0.570. The van der Waals surface area contributed by atoms with Crippen molar-refractivity contribution < 1.29 is 9.90 Å². The number of aliphatic carboxylic acids is 1. The second-order valence-corrected chi connectivity index (χ2v) is 7.00. The molecule has 0 aromatic heterocycles. The normalized spacial score (nSPS) is 42.7. The van der Waals surface area contributed by atoms with Crippen LogP contribution in [-0.2, 0) is 4.79 Å². The van der Waals surface area contributed by atoms with Crippen LogP contribution in [0.1, 0.15) is 52.9 Å². The Kier molecular flexibility index (Phi) is 4.00. The Bertz CT molecular complexity index is 298. The standard InChI is InChI=1S/C15H27NO2/c1-11-8-12(2)10-16(9-11)13-4-6-15(3,7-5-13)14(17)18/h11-13H,4-10H2,1-3H3,(H,17,18). The van der Waals surface area contributed by atoms with E-state index in [1.807, 2.05) is 6.92 Å². The van der Waals surface area contributed by atoms with Crippen molar-refractivity contribution in [3.05, 3.63) is 0 Å². The van der Waals surface area contributed by atoms with E-state index in [0.29, 0.717) is 6.04 Å². The second-order valence-electron chi connectivity index (χ2n) is 7.00. The summed E-state index contributed by atoms with van der Waals surface area (Å²) >= 11 is 0. The van der Waals surface area contributed by atoms with Gasteiger partial charge in [-0.05, 0) is 50.9 Å². The van der Waals surface area contributed by atoms with Crippen molar-refractivity contribution in [1.82, 2.24) is 4.90 Å². The summed E-state index contributed by atoms with van der Waals surface area (Å²) in [6.07, 6.45) is 5.14. The van der Waals surface area contributed by atoms with E-state index in [-0.39, 0.29) is 0 Å². The zero-order valence-electron chi connectivity index (χ0n) is 12.0. The highest BCUT2D eigenvalue weighted by atomic mass is 16.4. The molecule has 1 saturated carbocycles. The number of piperidine rings is 1. The van der Waals surface area contributed by atoms with Crippen LogP contribution in [0, 0.1) is 17.3 Å². The fourth-order valence-electron chi connectivity index (χ4n) is 3.83. The number of carboxylic acids is 1. The molecule has 0 bridgehead atoms. The van der Waals surface area contributed by atoms with Crippen molar-refractivity contribution in [3.8, 4) is 0 Å². The van der Waals surface area contributed by atoms with E-state index in [1.54, 1.807) is 0 Å². The highest BCUT2D eigenvalue weighted by Gasteiger charge is 2.39. The maximum Gasteiger partial charge on any atom is 0.309 e. The molecule has 3 heteroatoms. The lowest BCUT2D eigenvalue weighted by atomic mass is 9.73. The summed E-state index contributed by atoms with van der Waals surface area (Å²) in [7, 11) is 0. The molecule has 1 aliphatic carbocycles. The zero-order valence-corrected chi connectivity index (χ0v) is 12.0. The molecule has 0 aromatic carbocycles. The van der Waals surface area contributed by atoms with Gasteiger partial charge in [-0.25, -0.2) is 0 Å². The molecular formula is C15H27NO2. The van der Waals surface area contributed by atoms with Crippen LogP contribution in [0.15, 0.2) is 0 Å². The van der Waals surface area contributed by atoms with E-state index in [4.69, 9.17) is 0 Å². The highest BCUT2D eigenvalue weighted by molar-refractivity contribution is 5.74. The third-order valence-corrected chi connectivity index (χ3v) is 4.99. The van der Waals surface area contributed by atoms with E-state index in [0.717, 1.165) is 37.5 Å². The molecule has 2 fully saturated rings. The quantitative estimate of drug-likeness (QED) is 0.822. The Morgan fingerprint density at radius 2 is 1.67 bits per heavy atom. The average Bonchev–Trinajstić information content (AvgIpc) is 2.28. The predicted octanol–water partition coefficient (Wildman–Crippen LogP) is 3.00. The molecule has 1 aliphatic heterocycles. The molecule has 3 nitrogen and oxygen atoms in total. The first-order valence-electron chi connectivity index (χ1n) is 7.38. The SMILES string of the molecule is CC1CC(C)CN(C2CCC(C)(C(=O)O)CC2)C1. The third kappa shape index (κ3) is 2.87. The smallest absolute Gasteiger partial charge is 0.309 e. The van der Waals surface area contributed by atoms with Gasteiger partial charge in [0.05, 0.1) is 5.41 Å². The fraction of sp³-hybridized carbons (Fsp3) is 0.933. The summed E-state index contributed by atoms with van der Waals surface area (Å²) in [6, 6.07) is 0.627. The summed E-state index contributed by atoms with van der Waals surface area (Å²) in [5, 5.41) is 9.26. The largest absolute Gasteiger partial charge is 0.481 e. The number of nitrogens with zero attached hydrogens (tertiary/aromatic N) is 1. The maximum atomic E-state index is 11.2. The summed E-state index contributed by atoms with van der Waals surface area (Å²) in [4.78, 5) is 13.9. The number of hydrogen-bond acceptors (Lipinski definition) is 2. The Morgan fingerprint density at radius 3 is 2.11 bits per heavy atom. The minimum Gasteiger partial charge on any atom is -0.481 e. The highest BCUT2D eigenvalue weighted by Crippen LogP contribution is 2.39. The van der Waals surface area contributed by atoms with Gasteiger partial charge in [-0.3, -0.25) is 9.69 Å². The van der Waals surface area contributed by atoms with Gasteiger partial charge in [0.25, 0.3) is 0 Å². The summed E-state index contributed by atoms with van der Waals surface area (Å²) in [5.41, 5.74) is -0.469. The number of rotatable bonds is 2. The summed E-state index contributed by atoms with van der Waals surface area (Å²) < 4.78 is 0. The van der Waals surface area contributed by atoms with Gasteiger partial charge in [0.15, 0.2) is 0 Å². The van der Waals surface area contributed by atoms with Crippen LogP contribution in [0.25, 0.3) is 0 Å². The molecular weight excluding hydrogens is 226 g/mol. The van der Waals surface area contributed by atoms with Crippen molar-refractivity contribution in [2.24, 2.45) is 17.3 Å². The minimum absolute atomic E-state index is 0.469. The lowest BCUT2D eigenvalue weighted by Gasteiger charge is -2.44. The van der Waals surface area contributed by atoms with Crippen molar-refractivity contribution in [2.75, 3.05) is 13.1 Å². The number of hydrogen-bond donors (Lipinski definition) is 1. The third-order valence-electron chi connectivity index (χ3n) is 4.99. The van der Waals surface area contributed by atoms with Gasteiger partial charge in [0.2, 0.25) is 0 Å². The fourth-order valence-corrected chi connectivity index (χ4v) is 3.83. The van der Waals surface area contributed by atoms with Gasteiger partial charge in [-0.15, -0.1) is 0 Å². The second kappa shape index (κ2) is 5.20. The van der Waals surface area contributed by atoms with Crippen molar-refractivity contribution in [3.63, 3.8) is 0 Å². The number of carboxylic acid groups (broad SMARTS) is 1. The number of likely N-dealkylation sites (tertiary alicyclic amines) is 1. The molecule has 104 valence electrons. The first-order valence-corrected chi connectivity index (χ1v) is 7.38. The van der Waals surface area contributed by atoms with Gasteiger partial charge in [-0.2, -0.15) is 0 Å². The minimum atomic E-state index is -0.610. The molecule has 1 N–H and O–H groups in total. The number of carbonyl (C=O) groups is 1. The van der Waals surface area contributed by atoms with E-state index in [1.165, 1.54) is 19.5 Å². The topological polar surface area (TPSA) is 40.5 Å². The summed E-state index contributed by atoms with van der Waals surface area (Å²) in [6.45, 7) is 9.00. The van der Waals surface area contributed by atoms with Crippen LogP contribution in [-0.4, -0.2) is 35.1 Å². The van der Waals surface area contributed by atoms with Crippen LogP contribution >= 0.6 is 0 Å². The molecule has 2 unspecified atom stereocenters. The van der Waals surface area contributed by atoms with Crippen molar-refractivity contribution >= 4 is 5.97 Å². The van der Waals surface area contributed by atoms with Gasteiger partial charge in [0, 0.05) is 19.1 Å². The molecule has 0 spiro atoms. The van der Waals surface area contributed by atoms with Crippen molar-refractivity contribution in [2.45, 2.75) is 58.9 Å². The molecule has 2 atom stereocenters. The maximum absolute atomic E-state index is 11.2. The molecule has 0 radical (unpaired) electrons. The first kappa shape index (κ1) is 13.9. The molecule has 2 aliphatic rings. The molecule has 1 heterocycles. The Labute approximate surface area is 111 Å². The lowest BCUT2D eigenvalue weighted by Crippen LogP contribution is -2.48. The summed E-state index contributed by atoms with van der Waals surface area (Å²) in [5.74, 6) is 0.976. The molecule has 2 rings (SSSR count). The lowest BCUT2D eigenvalue weighted by molar-refractivity contribution is -0.150. The van der Waals surface area contributed by atoms with Crippen LogP contribution < -0.4 is 0 Å². The van der Waals surface area contributed by atoms with E-state index < -0.39 is 11.4 Å². The van der Waals surface area contributed by atoms with Crippen molar-refractivity contribution in [1.29, 1.82) is 0 Å². The Morgan fingerprint density at radius 1 is 1.17 bits per heavy atom. The first-order chi connectivity index (χ1) is 8.40. The van der Waals surface area contributed by atoms with E-state index in [9.17, 15) is 9.90 Å². The molecule has 18 heavy (non-hydrogen) atoms. The van der Waals surface area contributed by atoms with Gasteiger partial charge < -0.3 is 5.11 Å². The van der Waals surface area contributed by atoms with Gasteiger partial charge in [0.1, 0.15) is 0 Å². The predicted molar refractivity (Wildman–Crippen MR) is 72.5 cm³/mol. The van der Waals surface area contributed by atoms with Gasteiger partial charge in [-0.1, -0.05) is 13.8 Å². The molecule has 0 aromatic rings. The van der Waals surface area contributed by atoms with Crippen LogP contribution in [0.2, 0.25) is 0 Å². The average molecular weight is 253 g/mol. The van der Waals surface area contributed by atoms with Gasteiger partial charge >= 0.3 is 5.97 Å². The van der Waals surface area contributed by atoms with E-state index in [2.05, 4.69) is 18.7 Å². The zero-order chi connectivity index (χ0) is 13.3.